The first-order chi connectivity index (χ1) is 9.56. The van der Waals surface area contributed by atoms with Gasteiger partial charge in [0, 0.05) is 24.4 Å². The van der Waals surface area contributed by atoms with E-state index in [0.717, 1.165) is 18.5 Å². The number of nitrogens with one attached hydrogen (secondary N) is 1. The molecular weight excluding hydrogens is 246 g/mol. The summed E-state index contributed by atoms with van der Waals surface area (Å²) in [6, 6.07) is 4.66. The molecule has 112 valence electrons. The topological polar surface area (TPSA) is 50.9 Å². The predicted octanol–water partition coefficient (Wildman–Crippen LogP) is 3.23. The average Bonchev–Trinajstić information content (AvgIpc) is 2.45. The maximum absolute atomic E-state index is 5.85. The molecule has 2 unspecified atom stereocenters. The zero-order valence-electron chi connectivity index (χ0n) is 13.2. The van der Waals surface area contributed by atoms with E-state index in [4.69, 9.17) is 5.84 Å². The van der Waals surface area contributed by atoms with E-state index in [1.807, 2.05) is 6.20 Å². The number of aryl methyl sites for hydroxylation is 1. The summed E-state index contributed by atoms with van der Waals surface area (Å²) in [7, 11) is 0. The monoisotopic (exact) mass is 275 g/mol. The lowest BCUT2D eigenvalue weighted by atomic mass is 9.65. The van der Waals surface area contributed by atoms with E-state index in [2.05, 4.69) is 43.3 Å². The molecule has 2 atom stereocenters. The second-order valence-electron chi connectivity index (χ2n) is 6.83. The normalized spacial score (nSPS) is 23.5. The minimum atomic E-state index is 0.324. The van der Waals surface area contributed by atoms with Gasteiger partial charge in [-0.3, -0.25) is 16.3 Å². The molecular formula is C17H29N3. The van der Waals surface area contributed by atoms with Crippen LogP contribution in [0.25, 0.3) is 0 Å². The first-order valence-electron chi connectivity index (χ1n) is 7.96. The van der Waals surface area contributed by atoms with Gasteiger partial charge in [-0.1, -0.05) is 39.7 Å². The van der Waals surface area contributed by atoms with Crippen LogP contribution in [-0.2, 0) is 12.8 Å². The van der Waals surface area contributed by atoms with Gasteiger partial charge in [-0.05, 0) is 42.2 Å². The molecule has 0 amide bonds. The molecule has 0 bridgehead atoms. The van der Waals surface area contributed by atoms with Crippen molar-refractivity contribution in [3.05, 3.63) is 29.6 Å². The van der Waals surface area contributed by atoms with Crippen LogP contribution < -0.4 is 11.3 Å². The molecule has 3 N–H and O–H groups in total. The standard InChI is InChI=1S/C17H29N3/c1-4-13-8-9-14(19-12-13)11-16(20-18)15-7-5-6-10-17(15,2)3/h8-9,12,15-16,20H,4-7,10-11,18H2,1-3H3. The lowest BCUT2D eigenvalue weighted by Gasteiger charge is -2.43. The van der Waals surface area contributed by atoms with E-state index < -0.39 is 0 Å². The molecule has 0 saturated heterocycles. The summed E-state index contributed by atoms with van der Waals surface area (Å²) in [6.45, 7) is 6.93. The summed E-state index contributed by atoms with van der Waals surface area (Å²) in [5.74, 6) is 6.48. The molecule has 1 saturated carbocycles. The van der Waals surface area contributed by atoms with Gasteiger partial charge >= 0.3 is 0 Å². The Hall–Kier alpha value is -0.930. The number of nitrogens with two attached hydrogens (primary N) is 1. The van der Waals surface area contributed by atoms with Crippen molar-refractivity contribution in [2.45, 2.75) is 65.3 Å². The van der Waals surface area contributed by atoms with Crippen LogP contribution >= 0.6 is 0 Å². The molecule has 0 radical (unpaired) electrons. The second kappa shape index (κ2) is 6.68. The number of hydrogen-bond donors (Lipinski definition) is 2. The van der Waals surface area contributed by atoms with Gasteiger partial charge in [-0.2, -0.15) is 0 Å². The van der Waals surface area contributed by atoms with E-state index >= 15 is 0 Å². The Bertz CT molecular complexity index is 411. The Balaban J connectivity index is 2.07. The van der Waals surface area contributed by atoms with Gasteiger partial charge in [0.05, 0.1) is 0 Å². The number of rotatable bonds is 5. The maximum Gasteiger partial charge on any atom is 0.0419 e. The molecule has 0 aromatic carbocycles. The zero-order chi connectivity index (χ0) is 14.6. The van der Waals surface area contributed by atoms with E-state index in [1.54, 1.807) is 0 Å². The van der Waals surface area contributed by atoms with Crippen molar-refractivity contribution < 1.29 is 0 Å². The molecule has 1 aromatic rings. The van der Waals surface area contributed by atoms with Crippen LogP contribution in [-0.4, -0.2) is 11.0 Å². The highest BCUT2D eigenvalue weighted by molar-refractivity contribution is 5.15. The predicted molar refractivity (Wildman–Crippen MR) is 84.2 cm³/mol. The first-order valence-corrected chi connectivity index (χ1v) is 7.96. The van der Waals surface area contributed by atoms with Crippen LogP contribution in [0.3, 0.4) is 0 Å². The Labute approximate surface area is 123 Å². The molecule has 3 nitrogen and oxygen atoms in total. The van der Waals surface area contributed by atoms with Gasteiger partial charge in [-0.25, -0.2) is 0 Å². The SMILES string of the molecule is CCc1ccc(CC(NN)C2CCCCC2(C)C)nc1. The van der Waals surface area contributed by atoms with Crippen molar-refractivity contribution in [1.82, 2.24) is 10.4 Å². The number of aromatic nitrogens is 1. The summed E-state index contributed by atoms with van der Waals surface area (Å²) in [4.78, 5) is 4.58. The molecule has 1 aliphatic carbocycles. The van der Waals surface area contributed by atoms with Gasteiger partial charge in [-0.15, -0.1) is 0 Å². The van der Waals surface area contributed by atoms with Crippen LogP contribution in [0.4, 0.5) is 0 Å². The molecule has 2 rings (SSSR count). The van der Waals surface area contributed by atoms with Crippen molar-refractivity contribution in [3.63, 3.8) is 0 Å². The van der Waals surface area contributed by atoms with Crippen molar-refractivity contribution >= 4 is 0 Å². The van der Waals surface area contributed by atoms with Crippen molar-refractivity contribution in [3.8, 4) is 0 Å². The molecule has 1 heterocycles. The molecule has 3 heteroatoms. The van der Waals surface area contributed by atoms with Gasteiger partial charge in [0.15, 0.2) is 0 Å². The Morgan fingerprint density at radius 1 is 1.40 bits per heavy atom. The molecule has 1 aliphatic rings. The molecule has 0 aliphatic heterocycles. The van der Waals surface area contributed by atoms with Crippen LogP contribution in [0.1, 0.15) is 57.7 Å². The zero-order valence-corrected chi connectivity index (χ0v) is 13.2. The number of pyridine rings is 1. The number of hydrazine groups is 1. The summed E-state index contributed by atoms with van der Waals surface area (Å²) < 4.78 is 0. The maximum atomic E-state index is 5.85. The summed E-state index contributed by atoms with van der Waals surface area (Å²) in [5.41, 5.74) is 5.88. The third kappa shape index (κ3) is 3.58. The minimum Gasteiger partial charge on any atom is -0.271 e. The number of hydrogen-bond acceptors (Lipinski definition) is 3. The Morgan fingerprint density at radius 2 is 2.20 bits per heavy atom. The third-order valence-electron chi connectivity index (χ3n) is 5.01. The van der Waals surface area contributed by atoms with Gasteiger partial charge in [0.25, 0.3) is 0 Å². The van der Waals surface area contributed by atoms with Gasteiger partial charge in [0.1, 0.15) is 0 Å². The third-order valence-corrected chi connectivity index (χ3v) is 5.01. The molecule has 1 aromatic heterocycles. The quantitative estimate of drug-likeness (QED) is 0.641. The number of nitrogens with zero attached hydrogens (tertiary/aromatic N) is 1. The molecule has 20 heavy (non-hydrogen) atoms. The summed E-state index contributed by atoms with van der Waals surface area (Å²) in [5, 5.41) is 0. The highest BCUT2D eigenvalue weighted by atomic mass is 15.2. The van der Waals surface area contributed by atoms with Crippen molar-refractivity contribution in [2.75, 3.05) is 0 Å². The average molecular weight is 275 g/mol. The lowest BCUT2D eigenvalue weighted by molar-refractivity contribution is 0.0978. The fraction of sp³-hybridized carbons (Fsp3) is 0.706. The minimum absolute atomic E-state index is 0.324. The van der Waals surface area contributed by atoms with E-state index in [0.29, 0.717) is 17.4 Å². The highest BCUT2D eigenvalue weighted by Crippen LogP contribution is 2.42. The Morgan fingerprint density at radius 3 is 2.75 bits per heavy atom. The highest BCUT2D eigenvalue weighted by Gasteiger charge is 2.37. The van der Waals surface area contributed by atoms with Gasteiger partial charge < -0.3 is 0 Å². The van der Waals surface area contributed by atoms with Crippen LogP contribution in [0.5, 0.6) is 0 Å². The summed E-state index contributed by atoms with van der Waals surface area (Å²) in [6.07, 6.45) is 9.22. The van der Waals surface area contributed by atoms with Crippen LogP contribution in [0, 0.1) is 11.3 Å². The summed E-state index contributed by atoms with van der Waals surface area (Å²) >= 11 is 0. The van der Waals surface area contributed by atoms with E-state index in [-0.39, 0.29) is 0 Å². The molecule has 1 fully saturated rings. The van der Waals surface area contributed by atoms with E-state index in [9.17, 15) is 0 Å². The lowest BCUT2D eigenvalue weighted by Crippen LogP contribution is -2.48. The van der Waals surface area contributed by atoms with Crippen molar-refractivity contribution in [1.29, 1.82) is 0 Å². The van der Waals surface area contributed by atoms with Crippen LogP contribution in [0.15, 0.2) is 18.3 Å². The second-order valence-corrected chi connectivity index (χ2v) is 6.83. The smallest absolute Gasteiger partial charge is 0.0419 e. The fourth-order valence-corrected chi connectivity index (χ4v) is 3.59. The van der Waals surface area contributed by atoms with Crippen molar-refractivity contribution in [2.24, 2.45) is 17.2 Å². The first kappa shape index (κ1) is 15.5. The van der Waals surface area contributed by atoms with Crippen LogP contribution in [0.2, 0.25) is 0 Å². The largest absolute Gasteiger partial charge is 0.271 e. The van der Waals surface area contributed by atoms with Gasteiger partial charge in [0.2, 0.25) is 0 Å². The molecule has 0 spiro atoms. The fourth-order valence-electron chi connectivity index (χ4n) is 3.59. The van der Waals surface area contributed by atoms with E-state index in [1.165, 1.54) is 31.2 Å². The Kier molecular flexibility index (Phi) is 5.17.